The predicted octanol–water partition coefficient (Wildman–Crippen LogP) is 6.22. The molecule has 0 spiro atoms. The molecule has 0 saturated heterocycles. The maximum absolute atomic E-state index is 14.2. The molecule has 1 aromatic rings. The van der Waals surface area contributed by atoms with E-state index in [0.29, 0.717) is 19.5 Å². The fourth-order valence-corrected chi connectivity index (χ4v) is 4.37. The number of alkyl carbamates (subject to hydrolysis) is 1. The highest BCUT2D eigenvalue weighted by molar-refractivity contribution is 5.92. The molecule has 0 aromatic heterocycles. The Labute approximate surface area is 225 Å². The summed E-state index contributed by atoms with van der Waals surface area (Å²) in [6.07, 6.45) is 4.34. The number of amides is 3. The number of ether oxygens (including phenoxy) is 1. The van der Waals surface area contributed by atoms with Gasteiger partial charge in [0.25, 0.3) is 0 Å². The molecule has 1 aromatic carbocycles. The molecule has 7 nitrogen and oxygen atoms in total. The van der Waals surface area contributed by atoms with Gasteiger partial charge in [-0.05, 0) is 65.4 Å². The highest BCUT2D eigenvalue weighted by Crippen LogP contribution is 2.26. The van der Waals surface area contributed by atoms with Crippen molar-refractivity contribution in [3.8, 4) is 0 Å². The van der Waals surface area contributed by atoms with Crippen LogP contribution in [0.5, 0.6) is 0 Å². The van der Waals surface area contributed by atoms with Crippen molar-refractivity contribution in [3.05, 3.63) is 34.9 Å². The lowest BCUT2D eigenvalue weighted by molar-refractivity contribution is -0.143. The van der Waals surface area contributed by atoms with Crippen LogP contribution < -0.4 is 10.6 Å². The van der Waals surface area contributed by atoms with Gasteiger partial charge in [0, 0.05) is 13.1 Å². The fourth-order valence-electron chi connectivity index (χ4n) is 4.37. The zero-order valence-corrected chi connectivity index (χ0v) is 24.7. The Morgan fingerprint density at radius 1 is 0.946 bits per heavy atom. The van der Waals surface area contributed by atoms with E-state index in [9.17, 15) is 14.4 Å². The standard InChI is InChI=1S/C30H51N3O4/c1-10-12-14-16-33(28(35)25(17-21(3)4)32-29(36)37-30(7,8)9)26(27(34)31-15-13-11-2)24-19-22(5)18-23(6)20-24/h18-21,25-26H,10-17H2,1-9H3,(H,31,34)(H,32,36). The average molecular weight is 518 g/mol. The summed E-state index contributed by atoms with van der Waals surface area (Å²) >= 11 is 0. The van der Waals surface area contributed by atoms with E-state index in [2.05, 4.69) is 30.5 Å². The van der Waals surface area contributed by atoms with Crippen molar-refractivity contribution >= 4 is 17.9 Å². The molecule has 210 valence electrons. The second kappa shape index (κ2) is 15.6. The molecule has 1 rings (SSSR count). The molecule has 0 aliphatic rings. The van der Waals surface area contributed by atoms with Gasteiger partial charge in [-0.1, -0.05) is 76.3 Å². The van der Waals surface area contributed by atoms with Crippen molar-refractivity contribution in [1.29, 1.82) is 0 Å². The molecule has 37 heavy (non-hydrogen) atoms. The summed E-state index contributed by atoms with van der Waals surface area (Å²) in [4.78, 5) is 42.2. The summed E-state index contributed by atoms with van der Waals surface area (Å²) in [5.41, 5.74) is 2.18. The van der Waals surface area contributed by atoms with E-state index >= 15 is 0 Å². The number of rotatable bonds is 14. The number of hydrogen-bond acceptors (Lipinski definition) is 4. The van der Waals surface area contributed by atoms with Gasteiger partial charge in [-0.2, -0.15) is 0 Å². The van der Waals surface area contributed by atoms with Crippen LogP contribution in [0.4, 0.5) is 4.79 Å². The third-order valence-electron chi connectivity index (χ3n) is 5.93. The van der Waals surface area contributed by atoms with E-state index in [1.54, 1.807) is 25.7 Å². The van der Waals surface area contributed by atoms with Gasteiger partial charge in [0.1, 0.15) is 17.7 Å². The van der Waals surface area contributed by atoms with Crippen molar-refractivity contribution in [2.24, 2.45) is 5.92 Å². The first-order valence-corrected chi connectivity index (χ1v) is 13.9. The topological polar surface area (TPSA) is 87.7 Å². The second-order valence-corrected chi connectivity index (χ2v) is 11.5. The second-order valence-electron chi connectivity index (χ2n) is 11.5. The minimum absolute atomic E-state index is 0.152. The lowest BCUT2D eigenvalue weighted by atomic mass is 9.96. The normalized spacial score (nSPS) is 13.1. The molecule has 0 saturated carbocycles. The lowest BCUT2D eigenvalue weighted by Gasteiger charge is -2.35. The van der Waals surface area contributed by atoms with Crippen LogP contribution in [0.15, 0.2) is 18.2 Å². The van der Waals surface area contributed by atoms with Crippen LogP contribution in [0.3, 0.4) is 0 Å². The molecule has 2 N–H and O–H groups in total. The molecule has 0 bridgehead atoms. The van der Waals surface area contributed by atoms with Crippen LogP contribution in [0.25, 0.3) is 0 Å². The Bertz CT molecular complexity index is 856. The molecular weight excluding hydrogens is 466 g/mol. The zero-order valence-electron chi connectivity index (χ0n) is 24.7. The van der Waals surface area contributed by atoms with Gasteiger partial charge < -0.3 is 20.3 Å². The van der Waals surface area contributed by atoms with E-state index in [1.807, 2.05) is 39.8 Å². The van der Waals surface area contributed by atoms with Gasteiger partial charge in [0.15, 0.2) is 0 Å². The highest BCUT2D eigenvalue weighted by atomic mass is 16.6. The molecule has 2 unspecified atom stereocenters. The molecule has 0 fully saturated rings. The SMILES string of the molecule is CCCCCN(C(=O)C(CC(C)C)NC(=O)OC(C)(C)C)C(C(=O)NCCCC)c1cc(C)cc(C)c1. The largest absolute Gasteiger partial charge is 0.444 e. The molecule has 0 aliphatic carbocycles. The number of carbonyl (C=O) groups excluding carboxylic acids is 3. The molecule has 0 heterocycles. The van der Waals surface area contributed by atoms with Crippen LogP contribution in [0.2, 0.25) is 0 Å². The minimum Gasteiger partial charge on any atom is -0.444 e. The summed E-state index contributed by atoms with van der Waals surface area (Å²) in [7, 11) is 0. The number of hydrogen-bond donors (Lipinski definition) is 2. The molecule has 2 atom stereocenters. The molecular formula is C30H51N3O4. The predicted molar refractivity (Wildman–Crippen MR) is 150 cm³/mol. The number of carbonyl (C=O) groups is 3. The van der Waals surface area contributed by atoms with E-state index in [-0.39, 0.29) is 17.7 Å². The Hall–Kier alpha value is -2.57. The average Bonchev–Trinajstić information content (AvgIpc) is 2.75. The third-order valence-corrected chi connectivity index (χ3v) is 5.93. The quantitative estimate of drug-likeness (QED) is 0.287. The van der Waals surface area contributed by atoms with Crippen LogP contribution in [0, 0.1) is 19.8 Å². The van der Waals surface area contributed by atoms with Crippen LogP contribution in [-0.2, 0) is 14.3 Å². The van der Waals surface area contributed by atoms with Crippen LogP contribution in [-0.4, -0.2) is 47.5 Å². The third kappa shape index (κ3) is 12.0. The summed E-state index contributed by atoms with van der Waals surface area (Å²) < 4.78 is 5.47. The zero-order chi connectivity index (χ0) is 28.2. The van der Waals surface area contributed by atoms with Gasteiger partial charge in [-0.3, -0.25) is 9.59 Å². The first-order chi connectivity index (χ1) is 17.3. The van der Waals surface area contributed by atoms with Gasteiger partial charge in [0.05, 0.1) is 0 Å². The first-order valence-electron chi connectivity index (χ1n) is 13.9. The number of aryl methyl sites for hydroxylation is 2. The van der Waals surface area contributed by atoms with Gasteiger partial charge in [-0.25, -0.2) is 4.79 Å². The first kappa shape index (κ1) is 32.5. The van der Waals surface area contributed by atoms with E-state index in [4.69, 9.17) is 4.74 Å². The number of nitrogens with one attached hydrogen (secondary N) is 2. The summed E-state index contributed by atoms with van der Waals surface area (Å²) in [5, 5.41) is 5.87. The van der Waals surface area contributed by atoms with Gasteiger partial charge >= 0.3 is 6.09 Å². The van der Waals surface area contributed by atoms with Crippen molar-refractivity contribution in [2.45, 2.75) is 119 Å². The van der Waals surface area contributed by atoms with Crippen molar-refractivity contribution in [3.63, 3.8) is 0 Å². The Kier molecular flexibility index (Phi) is 13.7. The Balaban J connectivity index is 3.50. The van der Waals surface area contributed by atoms with Crippen molar-refractivity contribution in [2.75, 3.05) is 13.1 Å². The number of unbranched alkanes of at least 4 members (excludes halogenated alkanes) is 3. The minimum atomic E-state index is -0.798. The van der Waals surface area contributed by atoms with Crippen LogP contribution >= 0.6 is 0 Å². The molecule has 3 amide bonds. The monoisotopic (exact) mass is 517 g/mol. The summed E-state index contributed by atoms with van der Waals surface area (Å²) in [5.74, 6) is -0.297. The molecule has 7 heteroatoms. The van der Waals surface area contributed by atoms with Crippen molar-refractivity contribution < 1.29 is 19.1 Å². The molecule has 0 radical (unpaired) electrons. The Morgan fingerprint density at radius 2 is 1.54 bits per heavy atom. The molecule has 0 aliphatic heterocycles. The highest BCUT2D eigenvalue weighted by Gasteiger charge is 2.36. The fraction of sp³-hybridized carbons (Fsp3) is 0.700. The van der Waals surface area contributed by atoms with Gasteiger partial charge in [-0.15, -0.1) is 0 Å². The lowest BCUT2D eigenvalue weighted by Crippen LogP contribution is -2.53. The maximum atomic E-state index is 14.2. The summed E-state index contributed by atoms with van der Waals surface area (Å²) in [6.45, 7) is 18.6. The maximum Gasteiger partial charge on any atom is 0.408 e. The number of benzene rings is 1. The van der Waals surface area contributed by atoms with E-state index in [0.717, 1.165) is 48.8 Å². The van der Waals surface area contributed by atoms with Crippen molar-refractivity contribution in [1.82, 2.24) is 15.5 Å². The van der Waals surface area contributed by atoms with E-state index in [1.165, 1.54) is 0 Å². The van der Waals surface area contributed by atoms with Gasteiger partial charge in [0.2, 0.25) is 11.8 Å². The van der Waals surface area contributed by atoms with E-state index < -0.39 is 23.8 Å². The van der Waals surface area contributed by atoms with Crippen LogP contribution in [0.1, 0.15) is 110 Å². The number of nitrogens with zero attached hydrogens (tertiary/aromatic N) is 1. The smallest absolute Gasteiger partial charge is 0.408 e. The Morgan fingerprint density at radius 3 is 2.05 bits per heavy atom. The summed E-state index contributed by atoms with van der Waals surface area (Å²) in [6, 6.07) is 4.44.